The summed E-state index contributed by atoms with van der Waals surface area (Å²) in [5.41, 5.74) is 2.80. The van der Waals surface area contributed by atoms with Crippen LogP contribution < -0.4 is 0 Å². The minimum absolute atomic E-state index is 0.0983. The molecule has 4 heteroatoms. The van der Waals surface area contributed by atoms with Gasteiger partial charge in [-0.2, -0.15) is 0 Å². The second kappa shape index (κ2) is 3.45. The molecule has 0 saturated carbocycles. The van der Waals surface area contributed by atoms with Crippen molar-refractivity contribution in [1.29, 1.82) is 0 Å². The first-order valence-electron chi connectivity index (χ1n) is 4.88. The van der Waals surface area contributed by atoms with E-state index < -0.39 is 9.84 Å². The molecule has 2 heterocycles. The van der Waals surface area contributed by atoms with E-state index >= 15 is 0 Å². The molecule has 0 N–H and O–H groups in total. The maximum absolute atomic E-state index is 11.4. The van der Waals surface area contributed by atoms with Crippen molar-refractivity contribution < 1.29 is 8.42 Å². The predicted octanol–water partition coefficient (Wildman–Crippen LogP) is 2.10. The Morgan fingerprint density at radius 3 is 2.80 bits per heavy atom. The Kier molecular flexibility index (Phi) is 2.38. The molecule has 80 valence electrons. The molecule has 1 aliphatic heterocycles. The lowest BCUT2D eigenvalue weighted by atomic mass is 10.00. The quantitative estimate of drug-likeness (QED) is 0.732. The number of aromatic nitrogens is 1. The molecule has 0 atom stereocenters. The number of hydrogen-bond donors (Lipinski definition) is 0. The monoisotopic (exact) mass is 223 g/mol. The van der Waals surface area contributed by atoms with Gasteiger partial charge in [-0.1, -0.05) is 13.8 Å². The fraction of sp³-hybridized carbons (Fsp3) is 0.364. The van der Waals surface area contributed by atoms with E-state index in [0.29, 0.717) is 5.92 Å². The Bertz CT molecular complexity index is 515. The van der Waals surface area contributed by atoms with Crippen LogP contribution in [0.25, 0.3) is 6.08 Å². The molecule has 0 spiro atoms. The summed E-state index contributed by atoms with van der Waals surface area (Å²) in [6.45, 7) is 4.11. The zero-order valence-electron chi connectivity index (χ0n) is 8.77. The maximum Gasteiger partial charge on any atom is 0.175 e. The van der Waals surface area contributed by atoms with E-state index in [0.717, 1.165) is 16.8 Å². The van der Waals surface area contributed by atoms with Crippen LogP contribution in [0.5, 0.6) is 0 Å². The molecule has 2 rings (SSSR count). The highest BCUT2D eigenvalue weighted by atomic mass is 32.2. The number of fused-ring (bicyclic) bond motifs is 1. The lowest BCUT2D eigenvalue weighted by Crippen LogP contribution is -2.09. The zero-order valence-corrected chi connectivity index (χ0v) is 9.58. The van der Waals surface area contributed by atoms with E-state index in [1.807, 2.05) is 0 Å². The van der Waals surface area contributed by atoms with E-state index in [4.69, 9.17) is 0 Å². The van der Waals surface area contributed by atoms with Crippen LogP contribution in [-0.4, -0.2) is 13.4 Å². The molecule has 0 saturated heterocycles. The van der Waals surface area contributed by atoms with Gasteiger partial charge in [0.25, 0.3) is 0 Å². The summed E-state index contributed by atoms with van der Waals surface area (Å²) in [5, 5.41) is 1.28. The highest BCUT2D eigenvalue weighted by Crippen LogP contribution is 2.27. The standard InChI is InChI=1S/C11H13NO2S/c1-8(2)11-10-4-6-15(13,14)7-9(10)3-5-12-11/h3-6,8H,7H2,1-2H3. The molecular formula is C11H13NO2S. The molecule has 0 unspecified atom stereocenters. The van der Waals surface area contributed by atoms with E-state index in [2.05, 4.69) is 18.8 Å². The summed E-state index contributed by atoms with van der Waals surface area (Å²) in [6.07, 6.45) is 3.35. The van der Waals surface area contributed by atoms with E-state index in [1.165, 1.54) is 5.41 Å². The lowest BCUT2D eigenvalue weighted by molar-refractivity contribution is 0.603. The van der Waals surface area contributed by atoms with Gasteiger partial charge in [0.05, 0.1) is 11.4 Å². The fourth-order valence-electron chi connectivity index (χ4n) is 1.75. The summed E-state index contributed by atoms with van der Waals surface area (Å²) >= 11 is 0. The van der Waals surface area contributed by atoms with Crippen molar-refractivity contribution >= 4 is 15.9 Å². The van der Waals surface area contributed by atoms with Gasteiger partial charge < -0.3 is 0 Å². The number of rotatable bonds is 1. The molecule has 0 aliphatic carbocycles. The van der Waals surface area contributed by atoms with Gasteiger partial charge in [-0.3, -0.25) is 4.98 Å². The molecule has 0 radical (unpaired) electrons. The van der Waals surface area contributed by atoms with Crippen LogP contribution in [0.2, 0.25) is 0 Å². The van der Waals surface area contributed by atoms with Gasteiger partial charge in [0.15, 0.2) is 9.84 Å². The van der Waals surface area contributed by atoms with Crippen molar-refractivity contribution in [3.05, 3.63) is 34.5 Å². The maximum atomic E-state index is 11.4. The van der Waals surface area contributed by atoms with E-state index in [9.17, 15) is 8.42 Å². The van der Waals surface area contributed by atoms with Crippen molar-refractivity contribution in [2.45, 2.75) is 25.5 Å². The third-order valence-electron chi connectivity index (χ3n) is 2.46. The van der Waals surface area contributed by atoms with Crippen LogP contribution in [0, 0.1) is 0 Å². The van der Waals surface area contributed by atoms with Crippen molar-refractivity contribution in [2.24, 2.45) is 0 Å². The van der Waals surface area contributed by atoms with E-state index in [-0.39, 0.29) is 5.75 Å². The third-order valence-corrected chi connectivity index (χ3v) is 3.72. The summed E-state index contributed by atoms with van der Waals surface area (Å²) in [6, 6.07) is 1.78. The highest BCUT2D eigenvalue weighted by molar-refractivity contribution is 7.93. The minimum Gasteiger partial charge on any atom is -0.260 e. The first kappa shape index (κ1) is 10.4. The Morgan fingerprint density at radius 2 is 2.13 bits per heavy atom. The van der Waals surface area contributed by atoms with E-state index in [1.54, 1.807) is 18.3 Å². The fourth-order valence-corrected chi connectivity index (χ4v) is 2.87. The van der Waals surface area contributed by atoms with Crippen LogP contribution in [0.4, 0.5) is 0 Å². The van der Waals surface area contributed by atoms with Crippen LogP contribution in [-0.2, 0) is 15.6 Å². The molecule has 0 bridgehead atoms. The van der Waals surface area contributed by atoms with Crippen molar-refractivity contribution in [2.75, 3.05) is 0 Å². The summed E-state index contributed by atoms with van der Waals surface area (Å²) in [7, 11) is -3.05. The zero-order chi connectivity index (χ0) is 11.1. The number of hydrogen-bond acceptors (Lipinski definition) is 3. The minimum atomic E-state index is -3.05. The lowest BCUT2D eigenvalue weighted by Gasteiger charge is -2.15. The molecule has 0 fully saturated rings. The number of nitrogens with zero attached hydrogens (tertiary/aromatic N) is 1. The largest absolute Gasteiger partial charge is 0.260 e. The second-order valence-electron chi connectivity index (χ2n) is 4.03. The molecule has 1 aromatic rings. The van der Waals surface area contributed by atoms with Crippen LogP contribution in [0.3, 0.4) is 0 Å². The number of pyridine rings is 1. The van der Waals surface area contributed by atoms with Crippen molar-refractivity contribution in [1.82, 2.24) is 4.98 Å². The molecule has 3 nitrogen and oxygen atoms in total. The van der Waals surface area contributed by atoms with Crippen LogP contribution in [0.1, 0.15) is 36.6 Å². The van der Waals surface area contributed by atoms with Gasteiger partial charge in [-0.05, 0) is 23.6 Å². The summed E-state index contributed by atoms with van der Waals surface area (Å²) in [4.78, 5) is 4.29. The first-order chi connectivity index (χ1) is 6.99. The Morgan fingerprint density at radius 1 is 1.40 bits per heavy atom. The Balaban J connectivity index is 2.61. The average molecular weight is 223 g/mol. The molecule has 15 heavy (non-hydrogen) atoms. The van der Waals surface area contributed by atoms with Gasteiger partial charge in [0.1, 0.15) is 0 Å². The van der Waals surface area contributed by atoms with Crippen molar-refractivity contribution in [3.63, 3.8) is 0 Å². The van der Waals surface area contributed by atoms with Gasteiger partial charge in [-0.25, -0.2) is 8.42 Å². The highest BCUT2D eigenvalue weighted by Gasteiger charge is 2.19. The SMILES string of the molecule is CC(C)c1nccc2c1C=CS(=O)(=O)C2. The summed E-state index contributed by atoms with van der Waals surface area (Å²) in [5.74, 6) is 0.409. The smallest absolute Gasteiger partial charge is 0.175 e. The Hall–Kier alpha value is -1.16. The normalized spacial score (nSPS) is 17.8. The molecule has 1 aliphatic rings. The van der Waals surface area contributed by atoms with Gasteiger partial charge in [0.2, 0.25) is 0 Å². The molecule has 0 amide bonds. The third kappa shape index (κ3) is 1.95. The van der Waals surface area contributed by atoms with Gasteiger partial charge in [-0.15, -0.1) is 0 Å². The topological polar surface area (TPSA) is 47.0 Å². The second-order valence-corrected chi connectivity index (χ2v) is 5.92. The average Bonchev–Trinajstić information content (AvgIpc) is 2.14. The van der Waals surface area contributed by atoms with Crippen molar-refractivity contribution in [3.8, 4) is 0 Å². The molecule has 1 aromatic heterocycles. The van der Waals surface area contributed by atoms with Gasteiger partial charge >= 0.3 is 0 Å². The predicted molar refractivity (Wildman–Crippen MR) is 60.0 cm³/mol. The molecule has 0 aromatic carbocycles. The van der Waals surface area contributed by atoms with Crippen LogP contribution >= 0.6 is 0 Å². The number of sulfone groups is 1. The molecular weight excluding hydrogens is 210 g/mol. The summed E-state index contributed by atoms with van der Waals surface area (Å²) < 4.78 is 22.8. The van der Waals surface area contributed by atoms with Crippen LogP contribution in [0.15, 0.2) is 17.7 Å². The first-order valence-corrected chi connectivity index (χ1v) is 6.60. The van der Waals surface area contributed by atoms with Gasteiger partial charge in [0, 0.05) is 17.2 Å². The Labute approximate surface area is 89.8 Å².